The van der Waals surface area contributed by atoms with Gasteiger partial charge < -0.3 is 9.32 Å². The predicted molar refractivity (Wildman–Crippen MR) is 106 cm³/mol. The number of H-pyrrole nitrogens is 1. The Labute approximate surface area is 159 Å². The molecule has 8 nitrogen and oxygen atoms in total. The molecule has 0 saturated carbocycles. The lowest BCUT2D eigenvalue weighted by Crippen LogP contribution is -2.22. The number of anilines is 1. The Balaban J connectivity index is 1.75. The van der Waals surface area contributed by atoms with E-state index in [-0.39, 0.29) is 5.56 Å². The molecule has 0 saturated heterocycles. The van der Waals surface area contributed by atoms with Crippen LogP contribution in [0.25, 0.3) is 27.6 Å². The molecule has 8 heteroatoms. The van der Waals surface area contributed by atoms with Gasteiger partial charge in [-0.15, -0.1) is 0 Å². The van der Waals surface area contributed by atoms with Gasteiger partial charge in [0.2, 0.25) is 5.95 Å². The van der Waals surface area contributed by atoms with Crippen LogP contribution < -0.4 is 10.5 Å². The first-order valence-corrected chi connectivity index (χ1v) is 8.76. The number of nitrogens with zero attached hydrogens (tertiary/aromatic N) is 5. The van der Waals surface area contributed by atoms with E-state index in [1.807, 2.05) is 54.4 Å². The van der Waals surface area contributed by atoms with Gasteiger partial charge in [0.15, 0.2) is 5.65 Å². The van der Waals surface area contributed by atoms with Crippen LogP contribution in [0.1, 0.15) is 5.76 Å². The van der Waals surface area contributed by atoms with Crippen molar-refractivity contribution in [3.8, 4) is 5.69 Å². The maximum atomic E-state index is 13.2. The van der Waals surface area contributed by atoms with Crippen LogP contribution in [0.15, 0.2) is 70.3 Å². The summed E-state index contributed by atoms with van der Waals surface area (Å²) in [6.07, 6.45) is 4.94. The van der Waals surface area contributed by atoms with E-state index >= 15 is 0 Å². The number of aromatic amines is 1. The van der Waals surface area contributed by atoms with Crippen LogP contribution >= 0.6 is 0 Å². The second kappa shape index (κ2) is 6.34. The van der Waals surface area contributed by atoms with E-state index in [1.165, 1.54) is 0 Å². The van der Waals surface area contributed by atoms with E-state index in [0.29, 0.717) is 34.4 Å². The minimum absolute atomic E-state index is 0.180. The molecule has 4 heterocycles. The number of fused-ring (bicyclic) bond motifs is 3. The van der Waals surface area contributed by atoms with Gasteiger partial charge >= 0.3 is 0 Å². The van der Waals surface area contributed by atoms with Gasteiger partial charge in [0, 0.05) is 19.4 Å². The van der Waals surface area contributed by atoms with Crippen molar-refractivity contribution in [2.45, 2.75) is 6.54 Å². The topological polar surface area (TPSA) is 92.8 Å². The van der Waals surface area contributed by atoms with Gasteiger partial charge in [-0.1, -0.05) is 18.2 Å². The third-order valence-electron chi connectivity index (χ3n) is 4.63. The number of rotatable bonds is 4. The Hall–Kier alpha value is -3.94. The minimum Gasteiger partial charge on any atom is -0.467 e. The SMILES string of the molecule is CN(Cc1ccco1)c1ncc2c3n[nH]cc3c(=O)n(-c3ccccc3)c2n1. The summed E-state index contributed by atoms with van der Waals surface area (Å²) in [7, 11) is 1.88. The van der Waals surface area contributed by atoms with E-state index in [9.17, 15) is 4.79 Å². The van der Waals surface area contributed by atoms with Crippen LogP contribution in [0, 0.1) is 0 Å². The molecule has 0 fully saturated rings. The summed E-state index contributed by atoms with van der Waals surface area (Å²) >= 11 is 0. The monoisotopic (exact) mass is 372 g/mol. The highest BCUT2D eigenvalue weighted by Crippen LogP contribution is 2.23. The summed E-state index contributed by atoms with van der Waals surface area (Å²) in [5, 5.41) is 8.21. The highest BCUT2D eigenvalue weighted by Gasteiger charge is 2.17. The number of nitrogens with one attached hydrogen (secondary N) is 1. The molecule has 0 aliphatic carbocycles. The van der Waals surface area contributed by atoms with Gasteiger partial charge in [-0.3, -0.25) is 14.5 Å². The molecular formula is C20H16N6O2. The molecule has 0 radical (unpaired) electrons. The maximum absolute atomic E-state index is 13.2. The zero-order chi connectivity index (χ0) is 19.1. The Morgan fingerprint density at radius 3 is 2.79 bits per heavy atom. The maximum Gasteiger partial charge on any atom is 0.267 e. The van der Waals surface area contributed by atoms with Crippen molar-refractivity contribution in [2.24, 2.45) is 0 Å². The predicted octanol–water partition coefficient (Wildman–Crippen LogP) is 2.89. The first-order chi connectivity index (χ1) is 13.7. The lowest BCUT2D eigenvalue weighted by molar-refractivity contribution is 0.506. The van der Waals surface area contributed by atoms with E-state index < -0.39 is 0 Å². The van der Waals surface area contributed by atoms with Gasteiger partial charge in [0.25, 0.3) is 5.56 Å². The van der Waals surface area contributed by atoms with Crippen LogP contribution in [0.4, 0.5) is 5.95 Å². The van der Waals surface area contributed by atoms with Crippen molar-refractivity contribution in [1.29, 1.82) is 0 Å². The van der Waals surface area contributed by atoms with E-state index in [0.717, 1.165) is 11.4 Å². The van der Waals surface area contributed by atoms with E-state index in [4.69, 9.17) is 9.40 Å². The fourth-order valence-corrected chi connectivity index (χ4v) is 3.28. The molecule has 0 bridgehead atoms. The molecule has 28 heavy (non-hydrogen) atoms. The summed E-state index contributed by atoms with van der Waals surface area (Å²) in [5.41, 5.74) is 1.62. The molecule has 5 rings (SSSR count). The average molecular weight is 372 g/mol. The lowest BCUT2D eigenvalue weighted by atomic mass is 10.2. The third-order valence-corrected chi connectivity index (χ3v) is 4.63. The first-order valence-electron chi connectivity index (χ1n) is 8.76. The van der Waals surface area contributed by atoms with Crippen molar-refractivity contribution >= 4 is 27.9 Å². The van der Waals surface area contributed by atoms with Crippen molar-refractivity contribution < 1.29 is 4.42 Å². The Kier molecular flexibility index (Phi) is 3.68. The number of furan rings is 1. The summed E-state index contributed by atoms with van der Waals surface area (Å²) < 4.78 is 7.00. The van der Waals surface area contributed by atoms with Crippen LogP contribution in [0.3, 0.4) is 0 Å². The largest absolute Gasteiger partial charge is 0.467 e. The van der Waals surface area contributed by atoms with Crippen LogP contribution in [-0.4, -0.2) is 31.8 Å². The Morgan fingerprint density at radius 1 is 1.14 bits per heavy atom. The summed E-state index contributed by atoms with van der Waals surface area (Å²) in [6, 6.07) is 13.2. The third kappa shape index (κ3) is 2.54. The van der Waals surface area contributed by atoms with Crippen molar-refractivity contribution in [3.63, 3.8) is 0 Å². The quantitative estimate of drug-likeness (QED) is 0.521. The van der Waals surface area contributed by atoms with E-state index in [1.54, 1.807) is 23.2 Å². The summed E-state index contributed by atoms with van der Waals surface area (Å²) in [4.78, 5) is 24.2. The lowest BCUT2D eigenvalue weighted by Gasteiger charge is -2.17. The number of para-hydroxylation sites is 1. The second-order valence-corrected chi connectivity index (χ2v) is 6.47. The highest BCUT2D eigenvalue weighted by atomic mass is 16.3. The molecule has 5 aromatic rings. The van der Waals surface area contributed by atoms with Gasteiger partial charge in [-0.05, 0) is 24.3 Å². The zero-order valence-corrected chi connectivity index (χ0v) is 15.0. The van der Waals surface area contributed by atoms with Gasteiger partial charge in [-0.25, -0.2) is 4.98 Å². The number of hydrogen-bond donors (Lipinski definition) is 1. The average Bonchev–Trinajstić information content (AvgIpc) is 3.41. The number of hydrogen-bond acceptors (Lipinski definition) is 6. The molecule has 0 unspecified atom stereocenters. The smallest absolute Gasteiger partial charge is 0.267 e. The molecule has 0 atom stereocenters. The zero-order valence-electron chi connectivity index (χ0n) is 15.0. The molecule has 0 spiro atoms. The first kappa shape index (κ1) is 16.2. The Bertz CT molecular complexity index is 1320. The van der Waals surface area contributed by atoms with Crippen molar-refractivity contribution in [1.82, 2.24) is 24.7 Å². The van der Waals surface area contributed by atoms with Gasteiger partial charge in [-0.2, -0.15) is 10.1 Å². The second-order valence-electron chi connectivity index (χ2n) is 6.47. The fraction of sp³-hybridized carbons (Fsp3) is 0.100. The Morgan fingerprint density at radius 2 is 2.00 bits per heavy atom. The van der Waals surface area contributed by atoms with Crippen LogP contribution in [0.2, 0.25) is 0 Å². The van der Waals surface area contributed by atoms with Gasteiger partial charge in [0.1, 0.15) is 11.3 Å². The molecule has 4 aromatic heterocycles. The number of benzene rings is 1. The fourth-order valence-electron chi connectivity index (χ4n) is 3.28. The molecule has 138 valence electrons. The highest BCUT2D eigenvalue weighted by molar-refractivity contribution is 6.02. The number of pyridine rings is 1. The van der Waals surface area contributed by atoms with E-state index in [2.05, 4.69) is 15.2 Å². The number of aromatic nitrogens is 5. The normalized spacial score (nSPS) is 11.3. The van der Waals surface area contributed by atoms with Crippen LogP contribution in [0.5, 0.6) is 0 Å². The van der Waals surface area contributed by atoms with Crippen LogP contribution in [-0.2, 0) is 6.54 Å². The van der Waals surface area contributed by atoms with Crippen molar-refractivity contribution in [3.05, 3.63) is 77.2 Å². The molecule has 1 aromatic carbocycles. The van der Waals surface area contributed by atoms with Gasteiger partial charge in [0.05, 0.1) is 29.3 Å². The molecule has 0 amide bonds. The molecule has 0 aliphatic rings. The molecular weight excluding hydrogens is 356 g/mol. The summed E-state index contributed by atoms with van der Waals surface area (Å²) in [5.74, 6) is 1.29. The minimum atomic E-state index is -0.180. The van der Waals surface area contributed by atoms with Crippen molar-refractivity contribution in [2.75, 3.05) is 11.9 Å². The molecule has 1 N–H and O–H groups in total. The standard InChI is InChI=1S/C20H16N6O2/c1-25(12-14-8-5-9-28-14)20-21-10-15-17-16(11-22-24-17)19(27)26(18(15)23-20)13-6-3-2-4-7-13/h2-11H,12H2,1H3,(H,22,24). The summed E-state index contributed by atoms with van der Waals surface area (Å²) in [6.45, 7) is 0.513. The molecule has 0 aliphatic heterocycles.